The summed E-state index contributed by atoms with van der Waals surface area (Å²) in [4.78, 5) is 11.1. The Labute approximate surface area is 141 Å². The minimum Gasteiger partial charge on any atom is -0.494 e. The predicted octanol–water partition coefficient (Wildman–Crippen LogP) is 3.17. The van der Waals surface area contributed by atoms with Crippen LogP contribution in [0.2, 0.25) is 0 Å². The van der Waals surface area contributed by atoms with E-state index < -0.39 is 0 Å². The fourth-order valence-corrected chi connectivity index (χ4v) is 3.46. The largest absolute Gasteiger partial charge is 0.494 e. The van der Waals surface area contributed by atoms with Gasteiger partial charge in [0.25, 0.3) is 5.78 Å². The smallest absolute Gasteiger partial charge is 0.254 e. The summed E-state index contributed by atoms with van der Waals surface area (Å²) in [5, 5.41) is 4.35. The van der Waals surface area contributed by atoms with Gasteiger partial charge >= 0.3 is 0 Å². The zero-order valence-electron chi connectivity index (χ0n) is 14.0. The average molecular weight is 323 g/mol. The SMILES string of the molecule is CCOc1ccc(C2CCCN2c2cc(C)nc3ncnn23)cc1. The van der Waals surface area contributed by atoms with Crippen LogP contribution < -0.4 is 9.64 Å². The summed E-state index contributed by atoms with van der Waals surface area (Å²) in [6, 6.07) is 10.9. The van der Waals surface area contributed by atoms with E-state index in [4.69, 9.17) is 4.74 Å². The Bertz CT molecular complexity index is 842. The molecule has 1 aromatic carbocycles. The van der Waals surface area contributed by atoms with Crippen LogP contribution in [-0.4, -0.2) is 32.7 Å². The summed E-state index contributed by atoms with van der Waals surface area (Å²) < 4.78 is 7.39. The first-order valence-electron chi connectivity index (χ1n) is 8.43. The Morgan fingerprint density at radius 1 is 1.25 bits per heavy atom. The standard InChI is InChI=1S/C18H21N5O/c1-3-24-15-8-6-14(7-9-15)16-5-4-10-22(16)17-11-13(2)21-18-19-12-20-23(17)18/h6-9,11-12,16H,3-5,10H2,1-2H3. The van der Waals surface area contributed by atoms with Crippen molar-refractivity contribution in [2.24, 2.45) is 0 Å². The van der Waals surface area contributed by atoms with E-state index in [-0.39, 0.29) is 0 Å². The Morgan fingerprint density at radius 2 is 2.08 bits per heavy atom. The second-order valence-electron chi connectivity index (χ2n) is 6.08. The number of fused-ring (bicyclic) bond motifs is 1. The number of benzene rings is 1. The number of ether oxygens (including phenoxy) is 1. The van der Waals surface area contributed by atoms with Crippen LogP contribution in [0.5, 0.6) is 5.75 Å². The third-order valence-corrected chi connectivity index (χ3v) is 4.48. The number of rotatable bonds is 4. The van der Waals surface area contributed by atoms with Crippen molar-refractivity contribution in [3.05, 3.63) is 47.9 Å². The fraction of sp³-hybridized carbons (Fsp3) is 0.389. The van der Waals surface area contributed by atoms with Gasteiger partial charge in [-0.05, 0) is 44.4 Å². The van der Waals surface area contributed by atoms with Crippen LogP contribution in [0.15, 0.2) is 36.7 Å². The van der Waals surface area contributed by atoms with Crippen LogP contribution in [0.1, 0.15) is 37.1 Å². The minimum atomic E-state index is 0.342. The molecule has 2 aromatic heterocycles. The van der Waals surface area contributed by atoms with E-state index >= 15 is 0 Å². The number of hydrogen-bond acceptors (Lipinski definition) is 5. The molecule has 124 valence electrons. The quantitative estimate of drug-likeness (QED) is 0.738. The first-order valence-corrected chi connectivity index (χ1v) is 8.43. The lowest BCUT2D eigenvalue weighted by molar-refractivity contribution is 0.340. The lowest BCUT2D eigenvalue weighted by Gasteiger charge is -2.27. The van der Waals surface area contributed by atoms with Crippen molar-refractivity contribution < 1.29 is 4.74 Å². The van der Waals surface area contributed by atoms with Crippen molar-refractivity contribution in [2.45, 2.75) is 32.7 Å². The van der Waals surface area contributed by atoms with E-state index in [0.29, 0.717) is 18.4 Å². The number of aromatic nitrogens is 4. The normalized spacial score (nSPS) is 17.6. The monoisotopic (exact) mass is 323 g/mol. The zero-order valence-corrected chi connectivity index (χ0v) is 14.0. The summed E-state index contributed by atoms with van der Waals surface area (Å²) in [7, 11) is 0. The lowest BCUT2D eigenvalue weighted by atomic mass is 10.0. The molecule has 4 rings (SSSR count). The molecule has 1 atom stereocenters. The lowest BCUT2D eigenvalue weighted by Crippen LogP contribution is -2.25. The van der Waals surface area contributed by atoms with Gasteiger partial charge in [-0.3, -0.25) is 0 Å². The Balaban J connectivity index is 1.70. The van der Waals surface area contributed by atoms with Crippen LogP contribution in [0.3, 0.4) is 0 Å². The molecule has 0 N–H and O–H groups in total. The average Bonchev–Trinajstić information content (AvgIpc) is 3.24. The highest BCUT2D eigenvalue weighted by Crippen LogP contribution is 2.36. The summed E-state index contributed by atoms with van der Waals surface area (Å²) in [5.74, 6) is 2.64. The zero-order chi connectivity index (χ0) is 16.5. The molecule has 0 amide bonds. The maximum atomic E-state index is 5.55. The molecule has 6 nitrogen and oxygen atoms in total. The maximum absolute atomic E-state index is 5.55. The van der Waals surface area contributed by atoms with Crippen LogP contribution >= 0.6 is 0 Å². The minimum absolute atomic E-state index is 0.342. The van der Waals surface area contributed by atoms with Crippen molar-refractivity contribution in [3.63, 3.8) is 0 Å². The molecule has 0 spiro atoms. The molecule has 6 heteroatoms. The van der Waals surface area contributed by atoms with Crippen LogP contribution in [0, 0.1) is 6.92 Å². The molecule has 1 aliphatic rings. The molecule has 0 radical (unpaired) electrons. The van der Waals surface area contributed by atoms with E-state index in [9.17, 15) is 0 Å². The highest BCUT2D eigenvalue weighted by molar-refractivity contribution is 5.50. The van der Waals surface area contributed by atoms with Crippen molar-refractivity contribution >= 4 is 11.6 Å². The van der Waals surface area contributed by atoms with E-state index in [1.54, 1.807) is 6.33 Å². The van der Waals surface area contributed by atoms with Crippen LogP contribution in [0.25, 0.3) is 5.78 Å². The molecule has 1 aliphatic heterocycles. The Hall–Kier alpha value is -2.63. The molecule has 0 saturated carbocycles. The van der Waals surface area contributed by atoms with E-state index in [0.717, 1.165) is 36.6 Å². The number of aryl methyl sites for hydroxylation is 1. The number of nitrogens with zero attached hydrogens (tertiary/aromatic N) is 5. The topological polar surface area (TPSA) is 55.5 Å². The third-order valence-electron chi connectivity index (χ3n) is 4.48. The van der Waals surface area contributed by atoms with Crippen molar-refractivity contribution in [3.8, 4) is 5.75 Å². The van der Waals surface area contributed by atoms with Crippen molar-refractivity contribution in [1.29, 1.82) is 0 Å². The maximum Gasteiger partial charge on any atom is 0.254 e. The van der Waals surface area contributed by atoms with Gasteiger partial charge in [0, 0.05) is 18.3 Å². The van der Waals surface area contributed by atoms with Crippen LogP contribution in [0.4, 0.5) is 5.82 Å². The van der Waals surface area contributed by atoms with Gasteiger partial charge in [0.1, 0.15) is 17.9 Å². The first kappa shape index (κ1) is 14.9. The molecular formula is C18H21N5O. The summed E-state index contributed by atoms with van der Waals surface area (Å²) >= 11 is 0. The molecular weight excluding hydrogens is 302 g/mol. The molecule has 1 fully saturated rings. The van der Waals surface area contributed by atoms with Gasteiger partial charge in [0.05, 0.1) is 12.6 Å². The fourth-order valence-electron chi connectivity index (χ4n) is 3.46. The third kappa shape index (κ3) is 2.58. The van der Waals surface area contributed by atoms with E-state index in [1.165, 1.54) is 5.56 Å². The Morgan fingerprint density at radius 3 is 2.88 bits per heavy atom. The van der Waals surface area contributed by atoms with E-state index in [2.05, 4.69) is 50.3 Å². The van der Waals surface area contributed by atoms with Gasteiger partial charge in [-0.2, -0.15) is 14.6 Å². The molecule has 3 aromatic rings. The van der Waals surface area contributed by atoms with Gasteiger partial charge in [0.15, 0.2) is 0 Å². The van der Waals surface area contributed by atoms with Crippen LogP contribution in [-0.2, 0) is 0 Å². The highest BCUT2D eigenvalue weighted by Gasteiger charge is 2.28. The number of hydrogen-bond donors (Lipinski definition) is 0. The molecule has 0 bridgehead atoms. The van der Waals surface area contributed by atoms with Crippen molar-refractivity contribution in [2.75, 3.05) is 18.1 Å². The summed E-state index contributed by atoms with van der Waals surface area (Å²) in [6.45, 7) is 5.70. The molecule has 1 saturated heterocycles. The van der Waals surface area contributed by atoms with E-state index in [1.807, 2.05) is 18.4 Å². The van der Waals surface area contributed by atoms with Gasteiger partial charge < -0.3 is 9.64 Å². The molecule has 24 heavy (non-hydrogen) atoms. The van der Waals surface area contributed by atoms with Gasteiger partial charge in [-0.1, -0.05) is 12.1 Å². The highest BCUT2D eigenvalue weighted by atomic mass is 16.5. The molecule has 3 heterocycles. The van der Waals surface area contributed by atoms with Crippen molar-refractivity contribution in [1.82, 2.24) is 19.6 Å². The molecule has 1 unspecified atom stereocenters. The second-order valence-corrected chi connectivity index (χ2v) is 6.08. The first-order chi connectivity index (χ1) is 11.8. The molecule has 0 aliphatic carbocycles. The summed E-state index contributed by atoms with van der Waals surface area (Å²) in [5.41, 5.74) is 2.27. The number of anilines is 1. The summed E-state index contributed by atoms with van der Waals surface area (Å²) in [6.07, 6.45) is 3.86. The van der Waals surface area contributed by atoms with Gasteiger partial charge in [-0.25, -0.2) is 4.98 Å². The second kappa shape index (κ2) is 6.11. The van der Waals surface area contributed by atoms with Gasteiger partial charge in [-0.15, -0.1) is 0 Å². The predicted molar refractivity (Wildman–Crippen MR) is 92.5 cm³/mol. The Kier molecular flexibility index (Phi) is 3.80. The van der Waals surface area contributed by atoms with Gasteiger partial charge in [0.2, 0.25) is 0 Å².